The number of allylic oxidation sites excluding steroid dienone is 1. The second-order valence-corrected chi connectivity index (χ2v) is 21.2. The van der Waals surface area contributed by atoms with Gasteiger partial charge in [0.1, 0.15) is 67.1 Å². The normalized spacial score (nSPS) is 57.3. The number of fused-ring (bicyclic) bond motifs is 9. The van der Waals surface area contributed by atoms with Crippen molar-refractivity contribution in [2.45, 2.75) is 203 Å². The molecule has 0 radical (unpaired) electrons. The van der Waals surface area contributed by atoms with Crippen LogP contribution >= 0.6 is 0 Å². The predicted octanol–water partition coefficient (Wildman–Crippen LogP) is 0.155. The molecule has 0 aromatic carbocycles. The van der Waals surface area contributed by atoms with Gasteiger partial charge in [-0.05, 0) is 111 Å². The quantitative estimate of drug-likeness (QED) is 0.148. The van der Waals surface area contributed by atoms with Crippen molar-refractivity contribution in [1.82, 2.24) is 4.90 Å². The Morgan fingerprint density at radius 2 is 1.33 bits per heavy atom. The van der Waals surface area contributed by atoms with Crippen LogP contribution in [-0.2, 0) is 28.4 Å². The monoisotopic (exact) mass is 867 g/mol. The molecule has 9 N–H and O–H groups in total. The second-order valence-electron chi connectivity index (χ2n) is 21.2. The minimum absolute atomic E-state index is 0.00462. The van der Waals surface area contributed by atoms with Crippen LogP contribution in [0.4, 0.5) is 0 Å². The summed E-state index contributed by atoms with van der Waals surface area (Å²) >= 11 is 0. The summed E-state index contributed by atoms with van der Waals surface area (Å²) < 4.78 is 36.8. The molecule has 0 amide bonds. The molecule has 8 fully saturated rings. The van der Waals surface area contributed by atoms with Crippen molar-refractivity contribution in [3.8, 4) is 0 Å². The fourth-order valence-corrected chi connectivity index (χ4v) is 14.7. The van der Waals surface area contributed by atoms with Gasteiger partial charge in [-0.3, -0.25) is 4.90 Å². The van der Waals surface area contributed by atoms with Crippen molar-refractivity contribution in [3.05, 3.63) is 11.6 Å². The molecule has 4 aliphatic carbocycles. The Bertz CT molecular complexity index is 1590. The molecule has 61 heavy (non-hydrogen) atoms. The molecular formula is C45H73NO15. The first kappa shape index (κ1) is 45.3. The summed E-state index contributed by atoms with van der Waals surface area (Å²) in [6, 6.07) is 1.43. The maximum absolute atomic E-state index is 11.6. The van der Waals surface area contributed by atoms with Crippen LogP contribution in [0.2, 0.25) is 0 Å². The standard InChI is InChI=1S/C45H73NO15/c1-19-6-9-27-20(2)31-28(46(27)16-19)15-26-24-8-7-22-14-23(10-12-44(22,4)25(24)11-13-45(26,31)5)57-43-40(61-41-37(54)35(52)32(49)21(3)56-41)39(34(51)30(18-48)59-43)60-42-38(55)36(53)33(50)29(17-47)58-42/h7,19-21,23-43,47-55H,6,8-18H2,1-5H3/t19-,20+,21-,23-,24?,25?,26?,27+,28-,29+,30+,31-,32-,33+,34-,35+,36-,37+,38+,39-,40+,41-,42-,43+,44-,45-/m0/s1. The molecule has 3 saturated carbocycles. The molecular weight excluding hydrogens is 794 g/mol. The maximum Gasteiger partial charge on any atom is 0.187 e. The summed E-state index contributed by atoms with van der Waals surface area (Å²) in [5.74, 6) is 4.15. The van der Waals surface area contributed by atoms with Gasteiger partial charge in [0.25, 0.3) is 0 Å². The molecule has 26 atom stereocenters. The van der Waals surface area contributed by atoms with Gasteiger partial charge in [0.15, 0.2) is 18.9 Å². The maximum atomic E-state index is 11.6. The highest BCUT2D eigenvalue weighted by molar-refractivity contribution is 5.27. The minimum Gasteiger partial charge on any atom is -0.394 e. The van der Waals surface area contributed by atoms with Crippen molar-refractivity contribution in [2.75, 3.05) is 19.8 Å². The van der Waals surface area contributed by atoms with Crippen LogP contribution in [0.1, 0.15) is 92.4 Å². The summed E-state index contributed by atoms with van der Waals surface area (Å²) in [7, 11) is 0. The lowest BCUT2D eigenvalue weighted by molar-refractivity contribution is -0.394. The van der Waals surface area contributed by atoms with E-state index in [2.05, 4.69) is 38.7 Å². The van der Waals surface area contributed by atoms with Crippen LogP contribution in [0.15, 0.2) is 11.6 Å². The Balaban J connectivity index is 0.952. The minimum atomic E-state index is -1.83. The molecule has 5 aliphatic heterocycles. The first-order valence-corrected chi connectivity index (χ1v) is 23.4. The van der Waals surface area contributed by atoms with Crippen molar-refractivity contribution in [3.63, 3.8) is 0 Å². The zero-order valence-corrected chi connectivity index (χ0v) is 36.3. The summed E-state index contributed by atoms with van der Waals surface area (Å²) in [5, 5.41) is 95.8. The van der Waals surface area contributed by atoms with Crippen LogP contribution in [0.5, 0.6) is 0 Å². The van der Waals surface area contributed by atoms with E-state index in [0.29, 0.717) is 42.1 Å². The molecule has 9 aliphatic rings. The van der Waals surface area contributed by atoms with E-state index in [1.807, 2.05) is 0 Å². The van der Waals surface area contributed by atoms with E-state index < -0.39 is 105 Å². The average Bonchev–Trinajstić information content (AvgIpc) is 3.71. The largest absolute Gasteiger partial charge is 0.394 e. The van der Waals surface area contributed by atoms with E-state index in [1.165, 1.54) is 51.1 Å². The van der Waals surface area contributed by atoms with E-state index >= 15 is 0 Å². The molecule has 16 nitrogen and oxygen atoms in total. The number of hydrogen-bond acceptors (Lipinski definition) is 16. The van der Waals surface area contributed by atoms with Gasteiger partial charge in [-0.2, -0.15) is 0 Å². The smallest absolute Gasteiger partial charge is 0.187 e. The van der Waals surface area contributed by atoms with Gasteiger partial charge in [0, 0.05) is 18.6 Å². The highest BCUT2D eigenvalue weighted by Gasteiger charge is 2.66. The van der Waals surface area contributed by atoms with Crippen LogP contribution < -0.4 is 0 Å². The van der Waals surface area contributed by atoms with E-state index in [0.717, 1.165) is 36.6 Å². The molecule has 0 spiro atoms. The van der Waals surface area contributed by atoms with Gasteiger partial charge in [0.05, 0.1) is 25.4 Å². The van der Waals surface area contributed by atoms with Gasteiger partial charge in [0.2, 0.25) is 0 Å². The zero-order valence-electron chi connectivity index (χ0n) is 36.3. The lowest BCUT2D eigenvalue weighted by Crippen LogP contribution is -2.67. The number of aliphatic hydroxyl groups excluding tert-OH is 9. The van der Waals surface area contributed by atoms with Crippen LogP contribution in [0, 0.1) is 46.3 Å². The third-order valence-electron chi connectivity index (χ3n) is 18.0. The number of piperidine rings is 1. The van der Waals surface area contributed by atoms with Crippen molar-refractivity contribution in [2.24, 2.45) is 46.3 Å². The van der Waals surface area contributed by atoms with Gasteiger partial charge >= 0.3 is 0 Å². The third kappa shape index (κ3) is 7.42. The van der Waals surface area contributed by atoms with E-state index in [-0.39, 0.29) is 11.5 Å². The number of rotatable bonds is 8. The predicted molar refractivity (Wildman–Crippen MR) is 215 cm³/mol. The summed E-state index contributed by atoms with van der Waals surface area (Å²) in [4.78, 5) is 2.94. The lowest BCUT2D eigenvalue weighted by atomic mass is 9.47. The molecule has 0 aromatic rings. The first-order chi connectivity index (χ1) is 29.0. The third-order valence-corrected chi connectivity index (χ3v) is 18.0. The SMILES string of the molecule is C[C@H]1CC[C@@H]2[C@@H](C)[C@H]3[C@H](CC4C5CC=C6C[C@@H](O[C@@H]7O[C@H](CO)[C@H](O)[C@H](O[C@@H]8O[C@H](CO)[C@@H](O)[C@H](O)[C@H]8O)[C@H]7O[C@@H]7O[C@@H](C)[C@H](O)[C@@H](O)[C@H]7O)CC[C@]6(C)C5CC[C@@]43C)N2C1. The van der Waals surface area contributed by atoms with Gasteiger partial charge in [-0.25, -0.2) is 0 Å². The Labute approximate surface area is 359 Å². The van der Waals surface area contributed by atoms with Gasteiger partial charge in [-0.1, -0.05) is 39.3 Å². The number of ether oxygens (including phenoxy) is 6. The number of aliphatic hydroxyl groups is 9. The van der Waals surface area contributed by atoms with Crippen LogP contribution in [0.3, 0.4) is 0 Å². The highest BCUT2D eigenvalue weighted by Crippen LogP contribution is 2.70. The molecule has 3 unspecified atom stereocenters. The Hall–Kier alpha value is -0.900. The Morgan fingerprint density at radius 3 is 2.05 bits per heavy atom. The van der Waals surface area contributed by atoms with Crippen molar-refractivity contribution >= 4 is 0 Å². The number of hydrogen-bond donors (Lipinski definition) is 9. The molecule has 0 bridgehead atoms. The molecule has 5 saturated heterocycles. The van der Waals surface area contributed by atoms with E-state index in [9.17, 15) is 46.0 Å². The van der Waals surface area contributed by atoms with Crippen LogP contribution in [0.25, 0.3) is 0 Å². The number of nitrogens with zero attached hydrogens (tertiary/aromatic N) is 1. The average molecular weight is 868 g/mol. The molecule has 9 rings (SSSR count). The van der Waals surface area contributed by atoms with Gasteiger partial charge < -0.3 is 74.4 Å². The summed E-state index contributed by atoms with van der Waals surface area (Å²) in [6.45, 7) is 11.4. The fourth-order valence-electron chi connectivity index (χ4n) is 14.7. The Kier molecular flexibility index (Phi) is 12.7. The van der Waals surface area contributed by atoms with E-state index in [4.69, 9.17) is 28.4 Å². The topological polar surface area (TPSA) is 241 Å². The molecule has 0 aromatic heterocycles. The van der Waals surface area contributed by atoms with Gasteiger partial charge in [-0.15, -0.1) is 0 Å². The molecule has 16 heteroatoms. The lowest BCUT2D eigenvalue weighted by Gasteiger charge is -2.58. The van der Waals surface area contributed by atoms with Crippen LogP contribution in [-0.4, -0.2) is 181 Å². The Morgan fingerprint density at radius 1 is 0.672 bits per heavy atom. The summed E-state index contributed by atoms with van der Waals surface area (Å²) in [6.07, 6.45) is -11.1. The van der Waals surface area contributed by atoms with Crippen molar-refractivity contribution in [1.29, 1.82) is 0 Å². The van der Waals surface area contributed by atoms with E-state index in [1.54, 1.807) is 0 Å². The molecule has 5 heterocycles. The molecule has 348 valence electrons. The zero-order chi connectivity index (χ0) is 43.4. The highest BCUT2D eigenvalue weighted by atomic mass is 16.8. The summed E-state index contributed by atoms with van der Waals surface area (Å²) in [5.41, 5.74) is 1.72. The fraction of sp³-hybridized carbons (Fsp3) is 0.956. The first-order valence-electron chi connectivity index (χ1n) is 23.4. The second kappa shape index (κ2) is 17.1. The van der Waals surface area contributed by atoms with Crippen molar-refractivity contribution < 1.29 is 74.4 Å².